The van der Waals surface area contributed by atoms with Crippen LogP contribution in [-0.2, 0) is 0 Å². The fourth-order valence-corrected chi connectivity index (χ4v) is 21.0. The van der Waals surface area contributed by atoms with Crippen molar-refractivity contribution in [3.63, 3.8) is 0 Å². The molecule has 0 spiro atoms. The van der Waals surface area contributed by atoms with Crippen molar-refractivity contribution in [2.24, 2.45) is 0 Å². The van der Waals surface area contributed by atoms with Gasteiger partial charge in [0.15, 0.2) is 0 Å². The standard InChI is InChI=1S/2C30H37.C7H8.2Ga/c2*1-19(2)25-14-10-15-26(20(3)4)29(25)23-12-9-13-24(18-23)30-27(21(5)6)16-11-17-28(30)22(7)8;1-2-4-6-7-5-3-1;;/h2*9-17,19-22H,1-8H3;1-6H,7H2;;. The molecular formula is C67H82Ga2. The molecule has 0 amide bonds. The SMILES string of the molecule is CC(C)c1cccc(C(C)C)c1-c1cccc(-c2c(C(C)C)cccc2C(C)C)[c]1[Ga][CH]1C=CC=C[CH]([Ga][c]2c(-c3c(C(C)C)cccc3C(C)C)cccc2-c2c(C(C)C)cccc2C(C)C)C1. The summed E-state index contributed by atoms with van der Waals surface area (Å²) < 4.78 is 4.41. The van der Waals surface area contributed by atoms with Crippen LogP contribution in [0.4, 0.5) is 0 Å². The predicted octanol–water partition coefficient (Wildman–Crippen LogP) is 18.8. The van der Waals surface area contributed by atoms with Crippen molar-refractivity contribution >= 4 is 43.1 Å². The summed E-state index contributed by atoms with van der Waals surface area (Å²) in [6, 6.07) is 43.5. The summed E-state index contributed by atoms with van der Waals surface area (Å²) in [5.74, 6) is 3.40. The zero-order chi connectivity index (χ0) is 49.8. The quantitative estimate of drug-likeness (QED) is 0.0848. The molecule has 356 valence electrons. The molecule has 0 fully saturated rings. The fraction of sp³-hybridized carbons (Fsp3) is 0.403. The van der Waals surface area contributed by atoms with E-state index < -0.39 is 34.8 Å². The number of hydrogen-bond acceptors (Lipinski definition) is 0. The summed E-state index contributed by atoms with van der Waals surface area (Å²) in [6.45, 7) is 38.3. The van der Waals surface area contributed by atoms with Crippen LogP contribution in [0.15, 0.2) is 133 Å². The van der Waals surface area contributed by atoms with Crippen LogP contribution >= 0.6 is 0 Å². The van der Waals surface area contributed by atoms with Crippen LogP contribution in [0.1, 0.15) is 209 Å². The van der Waals surface area contributed by atoms with Crippen LogP contribution < -0.4 is 8.24 Å². The molecule has 1 aliphatic carbocycles. The summed E-state index contributed by atoms with van der Waals surface area (Å²) in [5.41, 5.74) is 23.9. The zero-order valence-electron chi connectivity index (χ0n) is 45.3. The molecule has 0 saturated carbocycles. The predicted molar refractivity (Wildman–Crippen MR) is 309 cm³/mol. The van der Waals surface area contributed by atoms with E-state index in [1.54, 1.807) is 8.24 Å². The zero-order valence-corrected chi connectivity index (χ0v) is 50.2. The number of rotatable bonds is 16. The molecule has 2 heteroatoms. The van der Waals surface area contributed by atoms with Crippen LogP contribution in [0.2, 0.25) is 8.94 Å². The second-order valence-electron chi connectivity index (χ2n) is 22.7. The van der Waals surface area contributed by atoms with Gasteiger partial charge in [-0.25, -0.2) is 0 Å². The Morgan fingerprint density at radius 2 is 0.478 bits per heavy atom. The van der Waals surface area contributed by atoms with Crippen molar-refractivity contribution in [1.82, 2.24) is 0 Å². The first-order chi connectivity index (χ1) is 32.9. The second kappa shape index (κ2) is 23.1. The van der Waals surface area contributed by atoms with Crippen LogP contribution in [0, 0.1) is 0 Å². The second-order valence-corrected chi connectivity index (χ2v) is 30.1. The molecule has 6 aromatic rings. The Labute approximate surface area is 435 Å². The molecule has 2 radical (unpaired) electrons. The Bertz CT molecular complexity index is 2330. The van der Waals surface area contributed by atoms with Crippen LogP contribution in [-0.4, -0.2) is 34.8 Å². The average Bonchev–Trinajstić information content (AvgIpc) is 3.54. The van der Waals surface area contributed by atoms with Gasteiger partial charge in [0.05, 0.1) is 0 Å². The molecule has 2 atom stereocenters. The van der Waals surface area contributed by atoms with E-state index in [-0.39, 0.29) is 0 Å². The Balaban J connectivity index is 1.45. The Hall–Kier alpha value is -3.93. The number of benzene rings is 6. The van der Waals surface area contributed by atoms with Gasteiger partial charge in [-0.05, 0) is 0 Å². The Morgan fingerprint density at radius 1 is 0.290 bits per heavy atom. The molecule has 1 aliphatic rings. The molecule has 2 unspecified atom stereocenters. The third-order valence-electron chi connectivity index (χ3n) is 14.9. The molecule has 0 heterocycles. The first-order valence-corrected chi connectivity index (χ1v) is 32.0. The van der Waals surface area contributed by atoms with Gasteiger partial charge in [0, 0.05) is 0 Å². The van der Waals surface area contributed by atoms with Gasteiger partial charge in [-0.3, -0.25) is 0 Å². The van der Waals surface area contributed by atoms with Crippen molar-refractivity contribution in [2.45, 2.75) is 173 Å². The summed E-state index contributed by atoms with van der Waals surface area (Å²) in [5, 5.41) is 0. The molecule has 0 bridgehead atoms. The molecule has 0 saturated heterocycles. The molecule has 7 rings (SSSR count). The molecule has 0 nitrogen and oxygen atoms in total. The van der Waals surface area contributed by atoms with Crippen molar-refractivity contribution in [3.8, 4) is 44.5 Å². The Kier molecular flexibility index (Phi) is 17.7. The van der Waals surface area contributed by atoms with E-state index in [9.17, 15) is 0 Å². The molecule has 0 aliphatic heterocycles. The average molecular weight is 1030 g/mol. The normalized spacial score (nSPS) is 15.2. The minimum atomic E-state index is -1.14. The van der Waals surface area contributed by atoms with E-state index in [4.69, 9.17) is 0 Å². The summed E-state index contributed by atoms with van der Waals surface area (Å²) in [7, 11) is 0. The maximum absolute atomic E-state index is 2.65. The van der Waals surface area contributed by atoms with E-state index in [0.29, 0.717) is 56.3 Å². The van der Waals surface area contributed by atoms with E-state index >= 15 is 0 Å². The minimum absolute atomic E-state index is 0.426. The number of hydrogen-bond donors (Lipinski definition) is 0. The summed E-state index contributed by atoms with van der Waals surface area (Å²) in [6.07, 6.45) is 11.4. The van der Waals surface area contributed by atoms with Crippen molar-refractivity contribution < 1.29 is 0 Å². The van der Waals surface area contributed by atoms with Gasteiger partial charge in [0.25, 0.3) is 0 Å². The molecular weight excluding hydrogens is 944 g/mol. The van der Waals surface area contributed by atoms with Crippen LogP contribution in [0.3, 0.4) is 0 Å². The maximum atomic E-state index is 2.65. The van der Waals surface area contributed by atoms with Gasteiger partial charge in [-0.1, -0.05) is 0 Å². The topological polar surface area (TPSA) is 0 Å². The van der Waals surface area contributed by atoms with Gasteiger partial charge in [0.1, 0.15) is 0 Å². The van der Waals surface area contributed by atoms with Gasteiger partial charge >= 0.3 is 439 Å². The monoisotopic (exact) mass is 1020 g/mol. The van der Waals surface area contributed by atoms with Crippen LogP contribution in [0.5, 0.6) is 0 Å². The molecule has 0 N–H and O–H groups in total. The van der Waals surface area contributed by atoms with E-state index in [2.05, 4.69) is 244 Å². The summed E-state index contributed by atoms with van der Waals surface area (Å²) >= 11 is -2.27. The van der Waals surface area contributed by atoms with E-state index in [1.807, 2.05) is 0 Å². The van der Waals surface area contributed by atoms with Crippen molar-refractivity contribution in [1.29, 1.82) is 0 Å². The van der Waals surface area contributed by atoms with Gasteiger partial charge in [-0.2, -0.15) is 0 Å². The first-order valence-electron chi connectivity index (χ1n) is 26.7. The first kappa shape index (κ1) is 52.9. The van der Waals surface area contributed by atoms with Crippen molar-refractivity contribution in [2.75, 3.05) is 0 Å². The van der Waals surface area contributed by atoms with E-state index in [0.717, 1.165) is 0 Å². The fourth-order valence-electron chi connectivity index (χ4n) is 11.4. The third-order valence-corrected chi connectivity index (χ3v) is 22.8. The van der Waals surface area contributed by atoms with Gasteiger partial charge < -0.3 is 0 Å². The number of allylic oxidation sites excluding steroid dienone is 4. The summed E-state index contributed by atoms with van der Waals surface area (Å²) in [4.78, 5) is 0. The van der Waals surface area contributed by atoms with Crippen molar-refractivity contribution in [3.05, 3.63) is 178 Å². The Morgan fingerprint density at radius 3 is 0.667 bits per heavy atom. The molecule has 0 aromatic heterocycles. The van der Waals surface area contributed by atoms with E-state index in [1.165, 1.54) is 95.4 Å². The van der Waals surface area contributed by atoms with Crippen LogP contribution in [0.25, 0.3) is 44.5 Å². The molecule has 69 heavy (non-hydrogen) atoms. The van der Waals surface area contributed by atoms with Gasteiger partial charge in [0.2, 0.25) is 0 Å². The molecule has 6 aromatic carbocycles. The van der Waals surface area contributed by atoms with Gasteiger partial charge in [-0.15, -0.1) is 0 Å². The third kappa shape index (κ3) is 11.4.